The lowest BCUT2D eigenvalue weighted by atomic mass is 9.98. The van der Waals surface area contributed by atoms with E-state index in [0.717, 1.165) is 16.8 Å². The third-order valence-corrected chi connectivity index (χ3v) is 6.11. The number of aryl methyl sites for hydroxylation is 1. The standard InChI is InChI=1S/C27H26N6O2/c1-17(2)33-16-29-25(31-33)22-15-32(27(35)19-7-5-4-6-8-19)23-11-10-20(13-21(22)23)26(34)30-24-12-9-18(3)14-28-24/h4-14,16-17,22H,15H2,1-3H3,(H,28,30,34). The molecule has 0 aliphatic carbocycles. The molecule has 1 aliphatic heterocycles. The fourth-order valence-corrected chi connectivity index (χ4v) is 4.18. The van der Waals surface area contributed by atoms with E-state index in [4.69, 9.17) is 0 Å². The molecule has 176 valence electrons. The molecule has 8 nitrogen and oxygen atoms in total. The Morgan fingerprint density at radius 2 is 1.80 bits per heavy atom. The van der Waals surface area contributed by atoms with Crippen LogP contribution in [0.15, 0.2) is 73.2 Å². The van der Waals surface area contributed by atoms with Crippen LogP contribution in [0.1, 0.15) is 63.5 Å². The maximum Gasteiger partial charge on any atom is 0.258 e. The first-order valence-corrected chi connectivity index (χ1v) is 11.6. The summed E-state index contributed by atoms with van der Waals surface area (Å²) in [4.78, 5) is 36.9. The van der Waals surface area contributed by atoms with Gasteiger partial charge in [-0.15, -0.1) is 0 Å². The fourth-order valence-electron chi connectivity index (χ4n) is 4.18. The second kappa shape index (κ2) is 9.13. The number of nitrogens with one attached hydrogen (secondary N) is 1. The Morgan fingerprint density at radius 3 is 2.49 bits per heavy atom. The first-order chi connectivity index (χ1) is 16.9. The van der Waals surface area contributed by atoms with E-state index in [-0.39, 0.29) is 23.8 Å². The highest BCUT2D eigenvalue weighted by atomic mass is 16.2. The molecule has 3 heterocycles. The molecule has 0 radical (unpaired) electrons. The lowest BCUT2D eigenvalue weighted by Gasteiger charge is -2.18. The van der Waals surface area contributed by atoms with Crippen molar-refractivity contribution in [2.45, 2.75) is 32.7 Å². The molecule has 8 heteroatoms. The number of pyridine rings is 1. The molecule has 1 N–H and O–H groups in total. The molecule has 5 rings (SSSR count). The maximum atomic E-state index is 13.4. The van der Waals surface area contributed by atoms with Gasteiger partial charge in [0, 0.05) is 35.6 Å². The summed E-state index contributed by atoms with van der Waals surface area (Å²) in [5.41, 5.74) is 3.70. The number of hydrogen-bond donors (Lipinski definition) is 1. The molecule has 0 saturated heterocycles. The predicted octanol–water partition coefficient (Wildman–Crippen LogP) is 4.61. The van der Waals surface area contributed by atoms with Gasteiger partial charge in [-0.05, 0) is 68.3 Å². The van der Waals surface area contributed by atoms with Crippen LogP contribution in [0.2, 0.25) is 0 Å². The van der Waals surface area contributed by atoms with E-state index in [9.17, 15) is 9.59 Å². The average Bonchev–Trinajstić information content (AvgIpc) is 3.50. The lowest BCUT2D eigenvalue weighted by Crippen LogP contribution is -2.30. The zero-order chi connectivity index (χ0) is 24.5. The van der Waals surface area contributed by atoms with Crippen molar-refractivity contribution in [1.29, 1.82) is 0 Å². The minimum atomic E-state index is -0.267. The van der Waals surface area contributed by atoms with Crippen LogP contribution in [0.25, 0.3) is 0 Å². The van der Waals surface area contributed by atoms with E-state index >= 15 is 0 Å². The molecule has 1 atom stereocenters. The van der Waals surface area contributed by atoms with Crippen molar-refractivity contribution in [2.75, 3.05) is 16.8 Å². The normalized spacial score (nSPS) is 14.7. The Bertz CT molecular complexity index is 1380. The summed E-state index contributed by atoms with van der Waals surface area (Å²) in [5.74, 6) is 0.495. The highest BCUT2D eigenvalue weighted by molar-refractivity contribution is 6.09. The Balaban J connectivity index is 1.51. The lowest BCUT2D eigenvalue weighted by molar-refractivity contribution is 0.0987. The molecule has 0 fully saturated rings. The van der Waals surface area contributed by atoms with Crippen LogP contribution in [0, 0.1) is 6.92 Å². The number of amides is 2. The van der Waals surface area contributed by atoms with E-state index in [1.54, 1.807) is 46.4 Å². The van der Waals surface area contributed by atoms with Gasteiger partial charge in [0.25, 0.3) is 11.8 Å². The van der Waals surface area contributed by atoms with E-state index in [2.05, 4.69) is 20.4 Å². The van der Waals surface area contributed by atoms with Crippen LogP contribution in [-0.4, -0.2) is 38.1 Å². The zero-order valence-electron chi connectivity index (χ0n) is 19.8. The fraction of sp³-hybridized carbons (Fsp3) is 0.222. The number of aromatic nitrogens is 4. The molecular formula is C27H26N6O2. The van der Waals surface area contributed by atoms with E-state index in [0.29, 0.717) is 29.3 Å². The van der Waals surface area contributed by atoms with E-state index < -0.39 is 0 Å². The van der Waals surface area contributed by atoms with Gasteiger partial charge in [0.2, 0.25) is 0 Å². The van der Waals surface area contributed by atoms with E-state index in [1.165, 1.54) is 0 Å². The van der Waals surface area contributed by atoms with Crippen LogP contribution >= 0.6 is 0 Å². The second-order valence-electron chi connectivity index (χ2n) is 8.96. The van der Waals surface area contributed by atoms with Gasteiger partial charge in [-0.25, -0.2) is 9.97 Å². The molecule has 2 aromatic carbocycles. The monoisotopic (exact) mass is 466 g/mol. The molecular weight excluding hydrogens is 440 g/mol. The van der Waals surface area contributed by atoms with Gasteiger partial charge in [-0.1, -0.05) is 24.3 Å². The number of carbonyl (C=O) groups is 2. The van der Waals surface area contributed by atoms with Crippen LogP contribution in [-0.2, 0) is 0 Å². The largest absolute Gasteiger partial charge is 0.307 e. The van der Waals surface area contributed by atoms with Gasteiger partial charge < -0.3 is 10.2 Å². The minimum absolute atomic E-state index is 0.0984. The Hall–Kier alpha value is -4.33. The van der Waals surface area contributed by atoms with Crippen LogP contribution < -0.4 is 10.2 Å². The summed E-state index contributed by atoms with van der Waals surface area (Å²) in [6.07, 6.45) is 3.42. The average molecular weight is 467 g/mol. The first kappa shape index (κ1) is 22.5. The quantitative estimate of drug-likeness (QED) is 0.464. The van der Waals surface area contributed by atoms with Gasteiger partial charge in [0.15, 0.2) is 5.82 Å². The second-order valence-corrected chi connectivity index (χ2v) is 8.96. The number of carbonyl (C=O) groups excluding carboxylic acids is 2. The third-order valence-electron chi connectivity index (χ3n) is 6.11. The van der Waals surface area contributed by atoms with Gasteiger partial charge in [0.1, 0.15) is 12.1 Å². The number of fused-ring (bicyclic) bond motifs is 1. The molecule has 0 bridgehead atoms. The maximum absolute atomic E-state index is 13.4. The van der Waals surface area contributed by atoms with Gasteiger partial charge >= 0.3 is 0 Å². The Kier molecular flexibility index (Phi) is 5.86. The third kappa shape index (κ3) is 4.42. The van der Waals surface area contributed by atoms with Crippen molar-refractivity contribution in [1.82, 2.24) is 19.7 Å². The SMILES string of the molecule is Cc1ccc(NC(=O)c2ccc3c(c2)C(c2ncn(C(C)C)n2)CN3C(=O)c2ccccc2)nc1. The van der Waals surface area contributed by atoms with Gasteiger partial charge in [-0.2, -0.15) is 5.10 Å². The number of nitrogens with zero attached hydrogens (tertiary/aromatic N) is 5. The zero-order valence-corrected chi connectivity index (χ0v) is 19.8. The predicted molar refractivity (Wildman–Crippen MR) is 134 cm³/mol. The molecule has 0 saturated carbocycles. The van der Waals surface area contributed by atoms with Crippen molar-refractivity contribution >= 4 is 23.3 Å². The van der Waals surface area contributed by atoms with Crippen molar-refractivity contribution < 1.29 is 9.59 Å². The number of hydrogen-bond acceptors (Lipinski definition) is 5. The topological polar surface area (TPSA) is 93.0 Å². The van der Waals surface area contributed by atoms with Crippen molar-refractivity contribution in [3.63, 3.8) is 0 Å². The molecule has 1 aliphatic rings. The Labute approximate surface area is 203 Å². The summed E-state index contributed by atoms with van der Waals surface area (Å²) in [5, 5.41) is 7.51. The van der Waals surface area contributed by atoms with Crippen LogP contribution in [0.3, 0.4) is 0 Å². The van der Waals surface area contributed by atoms with Gasteiger partial charge in [-0.3, -0.25) is 14.3 Å². The summed E-state index contributed by atoms with van der Waals surface area (Å²) < 4.78 is 1.80. The van der Waals surface area contributed by atoms with Crippen molar-refractivity contribution in [2.24, 2.45) is 0 Å². The first-order valence-electron chi connectivity index (χ1n) is 11.6. The van der Waals surface area contributed by atoms with Gasteiger partial charge in [0.05, 0.1) is 5.92 Å². The summed E-state index contributed by atoms with van der Waals surface area (Å²) in [6, 6.07) is 18.4. The van der Waals surface area contributed by atoms with Crippen LogP contribution in [0.5, 0.6) is 0 Å². The molecule has 4 aromatic rings. The summed E-state index contributed by atoms with van der Waals surface area (Å²) in [7, 11) is 0. The number of rotatable bonds is 5. The summed E-state index contributed by atoms with van der Waals surface area (Å²) in [6.45, 7) is 6.41. The highest BCUT2D eigenvalue weighted by Gasteiger charge is 2.36. The smallest absolute Gasteiger partial charge is 0.258 e. The molecule has 1 unspecified atom stereocenters. The molecule has 0 spiro atoms. The molecule has 2 amide bonds. The Morgan fingerprint density at radius 1 is 1.00 bits per heavy atom. The van der Waals surface area contributed by atoms with E-state index in [1.807, 2.05) is 57.2 Å². The van der Waals surface area contributed by atoms with Crippen molar-refractivity contribution in [3.05, 3.63) is 101 Å². The minimum Gasteiger partial charge on any atom is -0.307 e. The number of anilines is 2. The summed E-state index contributed by atoms with van der Waals surface area (Å²) >= 11 is 0. The van der Waals surface area contributed by atoms with Crippen molar-refractivity contribution in [3.8, 4) is 0 Å². The molecule has 35 heavy (non-hydrogen) atoms. The van der Waals surface area contributed by atoms with Crippen LogP contribution in [0.4, 0.5) is 11.5 Å². The highest BCUT2D eigenvalue weighted by Crippen LogP contribution is 2.40. The number of benzene rings is 2. The molecule has 2 aromatic heterocycles.